The fourth-order valence-electron chi connectivity index (χ4n) is 6.22. The van der Waals surface area contributed by atoms with Gasteiger partial charge in [0.1, 0.15) is 5.60 Å². The van der Waals surface area contributed by atoms with Gasteiger partial charge in [-0.05, 0) is 101 Å². The Hall–Kier alpha value is -1.16. The molecule has 0 spiro atoms. The van der Waals surface area contributed by atoms with E-state index in [9.17, 15) is 15.3 Å². The van der Waals surface area contributed by atoms with Crippen LogP contribution in [0.1, 0.15) is 86.0 Å². The molecular weight excluding hydrogens is 384 g/mol. The van der Waals surface area contributed by atoms with E-state index in [0.29, 0.717) is 17.8 Å². The highest BCUT2D eigenvalue weighted by Gasteiger charge is 2.50. The molecule has 31 heavy (non-hydrogen) atoms. The van der Waals surface area contributed by atoms with Gasteiger partial charge < -0.3 is 15.3 Å². The summed E-state index contributed by atoms with van der Waals surface area (Å²) >= 11 is 0. The summed E-state index contributed by atoms with van der Waals surface area (Å²) in [5.74, 6) is 1.54. The third kappa shape index (κ3) is 5.10. The summed E-state index contributed by atoms with van der Waals surface area (Å²) in [6, 6.07) is 0. The number of aliphatic hydroxyl groups is 3. The molecule has 0 saturated heterocycles. The van der Waals surface area contributed by atoms with Crippen LogP contribution in [-0.2, 0) is 0 Å². The van der Waals surface area contributed by atoms with Crippen molar-refractivity contribution < 1.29 is 15.3 Å². The standard InChI is InChI=1S/C28H44O3/c1-19-9-12-23(29)18-22(19)11-10-21-8-7-16-27(5)24(13-14-25(21)27)20(2)15-17-28(6,31)26(3,4)30/h10-11,15,17,20,23-25,29-31H,1,7-9,12-14,16,18H2,2-6H3/b17-15+,21-10+,22-11+/t20-,23+,24-,25?,27-,28-/m1/s1. The first-order valence-electron chi connectivity index (χ1n) is 12.2. The minimum absolute atomic E-state index is 0.226. The first kappa shape index (κ1) is 24.5. The van der Waals surface area contributed by atoms with E-state index in [-0.39, 0.29) is 11.5 Å². The molecule has 3 rings (SSSR count). The Bertz CT molecular complexity index is 764. The van der Waals surface area contributed by atoms with Gasteiger partial charge in [0.2, 0.25) is 0 Å². The van der Waals surface area contributed by atoms with Crippen molar-refractivity contribution in [2.24, 2.45) is 23.2 Å². The van der Waals surface area contributed by atoms with Crippen LogP contribution in [0.25, 0.3) is 0 Å². The minimum Gasteiger partial charge on any atom is -0.393 e. The molecule has 0 bridgehead atoms. The van der Waals surface area contributed by atoms with Crippen LogP contribution in [0.2, 0.25) is 0 Å². The number of hydrogen-bond acceptors (Lipinski definition) is 3. The molecule has 3 nitrogen and oxygen atoms in total. The predicted molar refractivity (Wildman–Crippen MR) is 129 cm³/mol. The second-order valence-electron chi connectivity index (χ2n) is 11.5. The number of fused-ring (bicyclic) bond motifs is 1. The highest BCUT2D eigenvalue weighted by molar-refractivity contribution is 5.36. The molecule has 0 radical (unpaired) electrons. The van der Waals surface area contributed by atoms with E-state index >= 15 is 0 Å². The smallest absolute Gasteiger partial charge is 0.108 e. The second kappa shape index (κ2) is 9.00. The molecule has 0 aromatic heterocycles. The van der Waals surface area contributed by atoms with E-state index in [0.717, 1.165) is 19.3 Å². The highest BCUT2D eigenvalue weighted by atomic mass is 16.3. The normalized spacial score (nSPS) is 37.9. The number of rotatable bonds is 5. The molecule has 3 N–H and O–H groups in total. The predicted octanol–water partition coefficient (Wildman–Crippen LogP) is 5.87. The fourth-order valence-corrected chi connectivity index (χ4v) is 6.22. The van der Waals surface area contributed by atoms with Gasteiger partial charge in [0.15, 0.2) is 0 Å². The lowest BCUT2D eigenvalue weighted by Crippen LogP contribution is -2.46. The summed E-state index contributed by atoms with van der Waals surface area (Å²) in [5, 5.41) is 30.9. The van der Waals surface area contributed by atoms with Crippen LogP contribution < -0.4 is 0 Å². The molecule has 3 aliphatic carbocycles. The van der Waals surface area contributed by atoms with E-state index < -0.39 is 11.2 Å². The molecule has 0 heterocycles. The monoisotopic (exact) mass is 428 g/mol. The third-order valence-electron chi connectivity index (χ3n) is 8.82. The fraction of sp³-hybridized carbons (Fsp3) is 0.714. The van der Waals surface area contributed by atoms with E-state index in [4.69, 9.17) is 0 Å². The number of allylic oxidation sites excluding steroid dienone is 5. The first-order valence-corrected chi connectivity index (χ1v) is 12.2. The topological polar surface area (TPSA) is 60.7 Å². The van der Waals surface area contributed by atoms with Gasteiger partial charge in [-0.25, -0.2) is 0 Å². The van der Waals surface area contributed by atoms with Gasteiger partial charge in [0.25, 0.3) is 0 Å². The summed E-state index contributed by atoms with van der Waals surface area (Å²) in [5.41, 5.74) is 1.83. The molecule has 0 aromatic rings. The summed E-state index contributed by atoms with van der Waals surface area (Å²) in [4.78, 5) is 0. The molecule has 3 heteroatoms. The van der Waals surface area contributed by atoms with Crippen molar-refractivity contribution in [1.82, 2.24) is 0 Å². The molecule has 0 amide bonds. The van der Waals surface area contributed by atoms with Crippen LogP contribution in [0.3, 0.4) is 0 Å². The number of aliphatic hydroxyl groups excluding tert-OH is 1. The molecule has 0 aromatic carbocycles. The van der Waals surface area contributed by atoms with Gasteiger partial charge in [-0.2, -0.15) is 0 Å². The van der Waals surface area contributed by atoms with Gasteiger partial charge >= 0.3 is 0 Å². The Kier molecular flexibility index (Phi) is 7.11. The van der Waals surface area contributed by atoms with E-state index in [1.165, 1.54) is 43.3 Å². The molecule has 174 valence electrons. The summed E-state index contributed by atoms with van der Waals surface area (Å²) in [7, 11) is 0. The van der Waals surface area contributed by atoms with Gasteiger partial charge in [0, 0.05) is 0 Å². The van der Waals surface area contributed by atoms with E-state index in [1.807, 2.05) is 0 Å². The maximum Gasteiger partial charge on any atom is 0.108 e. The zero-order valence-electron chi connectivity index (χ0n) is 20.3. The molecule has 3 aliphatic rings. The first-order chi connectivity index (χ1) is 14.3. The van der Waals surface area contributed by atoms with Crippen LogP contribution in [0.15, 0.2) is 47.6 Å². The maximum absolute atomic E-state index is 10.6. The van der Waals surface area contributed by atoms with Crippen LogP contribution in [0, 0.1) is 23.2 Å². The molecule has 3 fully saturated rings. The van der Waals surface area contributed by atoms with Gasteiger partial charge in [-0.1, -0.05) is 55.9 Å². The molecule has 3 saturated carbocycles. The lowest BCUT2D eigenvalue weighted by Gasteiger charge is -2.44. The zero-order valence-corrected chi connectivity index (χ0v) is 20.3. The van der Waals surface area contributed by atoms with E-state index in [2.05, 4.69) is 38.7 Å². The van der Waals surface area contributed by atoms with Crippen molar-refractivity contribution in [1.29, 1.82) is 0 Å². The zero-order chi connectivity index (χ0) is 23.0. The Balaban J connectivity index is 1.77. The summed E-state index contributed by atoms with van der Waals surface area (Å²) < 4.78 is 0. The Morgan fingerprint density at radius 1 is 1.10 bits per heavy atom. The lowest BCUT2D eigenvalue weighted by molar-refractivity contribution is -0.0886. The Morgan fingerprint density at radius 2 is 1.81 bits per heavy atom. The molecule has 0 aliphatic heterocycles. The molecular formula is C28H44O3. The summed E-state index contributed by atoms with van der Waals surface area (Å²) in [6.07, 6.45) is 16.8. The second-order valence-corrected chi connectivity index (χ2v) is 11.5. The SMILES string of the molecule is C=C1CC[C@H](O)C/C1=C\C=C1/CCC[C@@]2(C)C1CC[C@@H]2[C@H](C)/C=C/[C@@](C)(O)C(C)(C)O. The molecule has 6 atom stereocenters. The lowest BCUT2D eigenvalue weighted by atomic mass is 9.61. The largest absolute Gasteiger partial charge is 0.393 e. The van der Waals surface area contributed by atoms with Crippen LogP contribution in [0.5, 0.6) is 0 Å². The van der Waals surface area contributed by atoms with Gasteiger partial charge in [-0.15, -0.1) is 0 Å². The van der Waals surface area contributed by atoms with Crippen molar-refractivity contribution in [3.05, 3.63) is 47.6 Å². The van der Waals surface area contributed by atoms with Gasteiger partial charge in [0.05, 0.1) is 11.7 Å². The van der Waals surface area contributed by atoms with E-state index in [1.54, 1.807) is 32.4 Å². The highest BCUT2D eigenvalue weighted by Crippen LogP contribution is 2.59. The quantitative estimate of drug-likeness (QED) is 0.480. The van der Waals surface area contributed by atoms with Crippen LogP contribution in [-0.4, -0.2) is 32.6 Å². The molecule has 1 unspecified atom stereocenters. The summed E-state index contributed by atoms with van der Waals surface area (Å²) in [6.45, 7) is 13.9. The van der Waals surface area contributed by atoms with Crippen LogP contribution >= 0.6 is 0 Å². The van der Waals surface area contributed by atoms with Gasteiger partial charge in [-0.3, -0.25) is 0 Å². The number of hydrogen-bond donors (Lipinski definition) is 3. The average Bonchev–Trinajstić information content (AvgIpc) is 3.03. The minimum atomic E-state index is -1.24. The van der Waals surface area contributed by atoms with Crippen molar-refractivity contribution in [2.75, 3.05) is 0 Å². The van der Waals surface area contributed by atoms with Crippen molar-refractivity contribution in [3.8, 4) is 0 Å². The van der Waals surface area contributed by atoms with Crippen molar-refractivity contribution in [3.63, 3.8) is 0 Å². The van der Waals surface area contributed by atoms with Crippen molar-refractivity contribution in [2.45, 2.75) is 103 Å². The average molecular weight is 429 g/mol. The third-order valence-corrected chi connectivity index (χ3v) is 8.82. The van der Waals surface area contributed by atoms with Crippen LogP contribution in [0.4, 0.5) is 0 Å². The maximum atomic E-state index is 10.6. The Morgan fingerprint density at radius 3 is 2.48 bits per heavy atom. The van der Waals surface area contributed by atoms with Crippen molar-refractivity contribution >= 4 is 0 Å². The Labute approximate surface area is 189 Å².